The molecule has 206 valence electrons. The van der Waals surface area contributed by atoms with Crippen molar-refractivity contribution in [3.05, 3.63) is 101 Å². The first-order valence-electron chi connectivity index (χ1n) is 13.2. The maximum atomic E-state index is 5.05. The lowest BCUT2D eigenvalue weighted by Crippen LogP contribution is -1.77. The second-order valence-electron chi connectivity index (χ2n) is 8.58. The molecule has 0 amide bonds. The van der Waals surface area contributed by atoms with Crippen LogP contribution in [0.4, 0.5) is 0 Å². The fraction of sp³-hybridized carbons (Fsp3) is 0.278. The number of halogens is 4. The highest BCUT2D eigenvalue weighted by molar-refractivity contribution is 14.1. The minimum Gasteiger partial charge on any atom is -0.120 e. The van der Waals surface area contributed by atoms with Gasteiger partial charge in [-0.25, -0.2) is 0 Å². The maximum Gasteiger partial charge on any atom is 0.0246 e. The summed E-state index contributed by atoms with van der Waals surface area (Å²) in [6, 6.07) is 24.4. The largest absolute Gasteiger partial charge is 0.120 e. The van der Waals surface area contributed by atoms with E-state index in [-0.39, 0.29) is 0 Å². The summed E-state index contributed by atoms with van der Waals surface area (Å²) in [5.74, 6) is 18.1. The van der Waals surface area contributed by atoms with E-state index >= 15 is 0 Å². The van der Waals surface area contributed by atoms with E-state index in [1.165, 1.54) is 16.4 Å². The van der Waals surface area contributed by atoms with Crippen LogP contribution in [0.15, 0.2) is 86.2 Å². The molecule has 0 aliphatic carbocycles. The first kappa shape index (κ1) is 36.1. The average molecular weight is 833 g/mol. The zero-order valence-corrected chi connectivity index (χ0v) is 29.6. The lowest BCUT2D eigenvalue weighted by molar-refractivity contribution is 0.709. The number of hydrogen-bond donors (Lipinski definition) is 0. The second-order valence-corrected chi connectivity index (χ2v) is 12.6. The summed E-state index contributed by atoms with van der Waals surface area (Å²) in [5.41, 5.74) is 2.15. The predicted octanol–water partition coefficient (Wildman–Crippen LogP) is 11.8. The van der Waals surface area contributed by atoms with Crippen LogP contribution in [-0.4, -0.2) is 0 Å². The molecule has 0 bridgehead atoms. The molecule has 0 aliphatic rings. The molecule has 40 heavy (non-hydrogen) atoms. The normalized spacial score (nSPS) is 9.05. The van der Waals surface area contributed by atoms with Gasteiger partial charge in [0.15, 0.2) is 0 Å². The molecular formula is C36H34Br3I. The Morgan fingerprint density at radius 2 is 0.800 bits per heavy atom. The Kier molecular flexibility index (Phi) is 22.4. The van der Waals surface area contributed by atoms with Crippen LogP contribution in [-0.2, 0) is 0 Å². The number of rotatable bonds is 8. The van der Waals surface area contributed by atoms with Crippen molar-refractivity contribution in [2.24, 2.45) is 0 Å². The van der Waals surface area contributed by atoms with Gasteiger partial charge in [0, 0.05) is 53.8 Å². The Morgan fingerprint density at radius 3 is 1.12 bits per heavy atom. The highest BCUT2D eigenvalue weighted by Gasteiger charge is 1.90. The van der Waals surface area contributed by atoms with Crippen molar-refractivity contribution in [1.82, 2.24) is 0 Å². The number of benzene rings is 3. The van der Waals surface area contributed by atoms with Crippen LogP contribution in [0.1, 0.15) is 75.3 Å². The van der Waals surface area contributed by atoms with Gasteiger partial charge in [-0.05, 0) is 121 Å². The summed E-state index contributed by atoms with van der Waals surface area (Å²) in [4.78, 5) is 0. The molecule has 4 heteroatoms. The second kappa shape index (κ2) is 24.8. The van der Waals surface area contributed by atoms with Gasteiger partial charge in [0.05, 0.1) is 0 Å². The lowest BCUT2D eigenvalue weighted by atomic mass is 10.1. The van der Waals surface area contributed by atoms with Crippen molar-refractivity contribution >= 4 is 70.4 Å². The molecule has 0 heterocycles. The molecule has 3 aromatic carbocycles. The minimum atomic E-state index is 0.893. The maximum absolute atomic E-state index is 5.05. The van der Waals surface area contributed by atoms with E-state index in [0.29, 0.717) is 0 Å². The molecule has 0 fully saturated rings. The van der Waals surface area contributed by atoms with Gasteiger partial charge in [-0.3, -0.25) is 0 Å². The topological polar surface area (TPSA) is 0 Å². The Bertz CT molecular complexity index is 1190. The monoisotopic (exact) mass is 830 g/mol. The fourth-order valence-corrected chi connectivity index (χ4v) is 4.21. The zero-order valence-electron chi connectivity index (χ0n) is 22.7. The fourth-order valence-electron chi connectivity index (χ4n) is 3.06. The average Bonchev–Trinajstić information content (AvgIpc) is 2.96. The van der Waals surface area contributed by atoms with Gasteiger partial charge in [-0.2, -0.15) is 0 Å². The van der Waals surface area contributed by atoms with Crippen LogP contribution in [0.3, 0.4) is 0 Å². The third-order valence-corrected chi connectivity index (χ3v) is 7.51. The Balaban J connectivity index is 0.000000384. The van der Waals surface area contributed by atoms with Crippen molar-refractivity contribution in [2.45, 2.75) is 64.2 Å². The molecule has 0 saturated heterocycles. The van der Waals surface area contributed by atoms with Crippen LogP contribution < -0.4 is 0 Å². The molecule has 0 spiro atoms. The van der Waals surface area contributed by atoms with Gasteiger partial charge < -0.3 is 0 Å². The standard InChI is InChI=1S/C21H18Br2.C9H12.C6H4BrI/c22-20-14-10-18(11-15-20)8-6-4-2-1-3-5-7-9-19-12-16-21(23)17-13-19;1-3-5-7-9-8-6-4-2;7-5-1-3-6(8)4-2-5/h10-17H,1-5H2;1-2H,5-9H2;1-4H. The van der Waals surface area contributed by atoms with E-state index in [1.54, 1.807) is 0 Å². The van der Waals surface area contributed by atoms with Crippen molar-refractivity contribution in [1.29, 1.82) is 0 Å². The quantitative estimate of drug-likeness (QED) is 0.120. The summed E-state index contributed by atoms with van der Waals surface area (Å²) < 4.78 is 4.59. The number of terminal acetylenes is 2. The van der Waals surface area contributed by atoms with Gasteiger partial charge in [0.25, 0.3) is 0 Å². The van der Waals surface area contributed by atoms with Crippen LogP contribution in [0.25, 0.3) is 0 Å². The van der Waals surface area contributed by atoms with Crippen molar-refractivity contribution in [2.75, 3.05) is 0 Å². The van der Waals surface area contributed by atoms with Crippen molar-refractivity contribution in [3.8, 4) is 48.4 Å². The van der Waals surface area contributed by atoms with E-state index < -0.39 is 0 Å². The van der Waals surface area contributed by atoms with E-state index in [9.17, 15) is 0 Å². The molecule has 3 rings (SSSR count). The lowest BCUT2D eigenvalue weighted by Gasteiger charge is -1.93. The number of hydrogen-bond acceptors (Lipinski definition) is 0. The van der Waals surface area contributed by atoms with Crippen molar-refractivity contribution in [3.63, 3.8) is 0 Å². The first-order chi connectivity index (χ1) is 19.4. The molecule has 0 aliphatic heterocycles. The smallest absolute Gasteiger partial charge is 0.0246 e. The van der Waals surface area contributed by atoms with Gasteiger partial charge in [-0.15, -0.1) is 24.7 Å². The Labute approximate surface area is 281 Å². The van der Waals surface area contributed by atoms with Crippen LogP contribution in [0.2, 0.25) is 0 Å². The van der Waals surface area contributed by atoms with Crippen molar-refractivity contribution < 1.29 is 0 Å². The molecule has 0 N–H and O–H groups in total. The summed E-state index contributed by atoms with van der Waals surface area (Å²) >= 11 is 12.5. The molecule has 0 saturated carbocycles. The molecule has 0 atom stereocenters. The van der Waals surface area contributed by atoms with Gasteiger partial charge in [0.1, 0.15) is 0 Å². The van der Waals surface area contributed by atoms with E-state index in [2.05, 4.69) is 118 Å². The van der Waals surface area contributed by atoms with Crippen LogP contribution in [0.5, 0.6) is 0 Å². The molecule has 0 nitrogen and oxygen atoms in total. The van der Waals surface area contributed by atoms with Gasteiger partial charge >= 0.3 is 0 Å². The molecule has 0 aromatic heterocycles. The van der Waals surface area contributed by atoms with Gasteiger partial charge in [0.2, 0.25) is 0 Å². The minimum absolute atomic E-state index is 0.893. The highest BCUT2D eigenvalue weighted by atomic mass is 127. The third kappa shape index (κ3) is 20.9. The summed E-state index contributed by atoms with van der Waals surface area (Å²) in [5, 5.41) is 0. The summed E-state index contributed by atoms with van der Waals surface area (Å²) in [6.07, 6.45) is 20.7. The third-order valence-electron chi connectivity index (χ3n) is 5.20. The van der Waals surface area contributed by atoms with Crippen LogP contribution in [0, 0.1) is 51.9 Å². The van der Waals surface area contributed by atoms with Gasteiger partial charge in [-0.1, -0.05) is 84.3 Å². The Hall–Kier alpha value is -1.93. The highest BCUT2D eigenvalue weighted by Crippen LogP contribution is 2.12. The summed E-state index contributed by atoms with van der Waals surface area (Å²) in [7, 11) is 0. The van der Waals surface area contributed by atoms with Crippen LogP contribution >= 0.6 is 70.4 Å². The van der Waals surface area contributed by atoms with E-state index in [1.807, 2.05) is 60.7 Å². The molecular weight excluding hydrogens is 799 g/mol. The SMILES string of the molecule is Brc1ccc(C#CCCCCCC#Cc2ccc(Br)cc2)cc1.Brc1ccc(I)cc1.C#CCCCCCC#C. The predicted molar refractivity (Wildman–Crippen MR) is 193 cm³/mol. The first-order valence-corrected chi connectivity index (χ1v) is 16.7. The van der Waals surface area contributed by atoms with E-state index in [4.69, 9.17) is 12.8 Å². The molecule has 3 aromatic rings. The zero-order chi connectivity index (χ0) is 29.3. The number of unbranched alkanes of at least 4 members (excludes halogenated alkanes) is 8. The Morgan fingerprint density at radius 1 is 0.475 bits per heavy atom. The summed E-state index contributed by atoms with van der Waals surface area (Å²) in [6.45, 7) is 0. The molecule has 0 unspecified atom stereocenters. The molecule has 0 radical (unpaired) electrons. The van der Waals surface area contributed by atoms with E-state index in [0.717, 1.165) is 75.9 Å².